The van der Waals surface area contributed by atoms with E-state index in [1.54, 1.807) is 24.3 Å². The van der Waals surface area contributed by atoms with E-state index in [1.165, 1.54) is 0 Å². The van der Waals surface area contributed by atoms with Crippen LogP contribution >= 0.6 is 11.6 Å². The van der Waals surface area contributed by atoms with Gasteiger partial charge in [0.2, 0.25) is 0 Å². The van der Waals surface area contributed by atoms with Crippen molar-refractivity contribution in [1.82, 2.24) is 5.32 Å². The highest BCUT2D eigenvalue weighted by molar-refractivity contribution is 6.31. The van der Waals surface area contributed by atoms with E-state index in [4.69, 9.17) is 16.0 Å². The van der Waals surface area contributed by atoms with Crippen molar-refractivity contribution in [2.45, 2.75) is 31.2 Å². The second-order valence-corrected chi connectivity index (χ2v) is 5.58. The highest BCUT2D eigenvalue weighted by Gasteiger charge is 2.36. The van der Waals surface area contributed by atoms with Gasteiger partial charge in [-0.3, -0.25) is 4.79 Å². The van der Waals surface area contributed by atoms with E-state index in [9.17, 15) is 10.1 Å². The zero-order chi connectivity index (χ0) is 14.2. The van der Waals surface area contributed by atoms with E-state index >= 15 is 0 Å². The van der Waals surface area contributed by atoms with Gasteiger partial charge in [0.15, 0.2) is 5.76 Å². The quantitative estimate of drug-likeness (QED) is 0.917. The molecule has 0 spiro atoms. The summed E-state index contributed by atoms with van der Waals surface area (Å²) in [6, 6.07) is 9.06. The fourth-order valence-corrected chi connectivity index (χ4v) is 2.83. The number of hydrogen-bond acceptors (Lipinski definition) is 3. The molecule has 1 N–H and O–H groups in total. The van der Waals surface area contributed by atoms with Crippen LogP contribution in [0.5, 0.6) is 0 Å². The number of fused-ring (bicyclic) bond motifs is 1. The van der Waals surface area contributed by atoms with Gasteiger partial charge in [0, 0.05) is 10.4 Å². The minimum atomic E-state index is -0.742. The van der Waals surface area contributed by atoms with Crippen molar-refractivity contribution in [3.8, 4) is 6.07 Å². The van der Waals surface area contributed by atoms with Gasteiger partial charge in [-0.05, 0) is 49.9 Å². The lowest BCUT2D eigenvalue weighted by Crippen LogP contribution is -2.44. The highest BCUT2D eigenvalue weighted by Crippen LogP contribution is 2.30. The van der Waals surface area contributed by atoms with E-state index in [2.05, 4.69) is 11.4 Å². The average molecular weight is 289 g/mol. The summed E-state index contributed by atoms with van der Waals surface area (Å²) in [5, 5.41) is 13.5. The number of nitrogens with one attached hydrogen (secondary N) is 1. The van der Waals surface area contributed by atoms with Crippen molar-refractivity contribution in [3.05, 3.63) is 35.0 Å². The zero-order valence-electron chi connectivity index (χ0n) is 10.8. The van der Waals surface area contributed by atoms with Crippen LogP contribution in [0.2, 0.25) is 5.02 Å². The Kier molecular flexibility index (Phi) is 3.15. The van der Waals surface area contributed by atoms with Gasteiger partial charge >= 0.3 is 0 Å². The minimum absolute atomic E-state index is 0.212. The van der Waals surface area contributed by atoms with Crippen LogP contribution in [-0.2, 0) is 0 Å². The van der Waals surface area contributed by atoms with Crippen LogP contribution in [0.15, 0.2) is 28.7 Å². The molecule has 1 amide bonds. The SMILES string of the molecule is N#CC1(NC(=O)c2cc3cc(Cl)ccc3o2)CCCC1. The van der Waals surface area contributed by atoms with Crippen molar-refractivity contribution < 1.29 is 9.21 Å². The zero-order valence-corrected chi connectivity index (χ0v) is 11.5. The molecule has 1 saturated carbocycles. The Morgan fingerprint density at radius 3 is 2.80 bits per heavy atom. The van der Waals surface area contributed by atoms with Crippen molar-refractivity contribution in [3.63, 3.8) is 0 Å². The van der Waals surface area contributed by atoms with E-state index in [1.807, 2.05) is 0 Å². The largest absolute Gasteiger partial charge is 0.451 e. The molecule has 0 bridgehead atoms. The second-order valence-electron chi connectivity index (χ2n) is 5.15. The summed E-state index contributed by atoms with van der Waals surface area (Å²) in [5.74, 6) is -0.135. The normalized spacial score (nSPS) is 17.0. The van der Waals surface area contributed by atoms with Crippen LogP contribution < -0.4 is 5.32 Å². The molecule has 1 aliphatic carbocycles. The van der Waals surface area contributed by atoms with E-state index in [0.29, 0.717) is 23.4 Å². The van der Waals surface area contributed by atoms with Gasteiger partial charge in [-0.2, -0.15) is 5.26 Å². The Hall–Kier alpha value is -1.99. The first kappa shape index (κ1) is 13.0. The van der Waals surface area contributed by atoms with E-state index in [-0.39, 0.29) is 11.7 Å². The smallest absolute Gasteiger partial charge is 0.288 e. The molecule has 0 radical (unpaired) electrons. The average Bonchev–Trinajstić information content (AvgIpc) is 3.05. The van der Waals surface area contributed by atoms with Crippen LogP contribution in [0, 0.1) is 11.3 Å². The predicted molar refractivity (Wildman–Crippen MR) is 75.5 cm³/mol. The van der Waals surface area contributed by atoms with Gasteiger partial charge in [-0.15, -0.1) is 0 Å². The molecule has 0 aliphatic heterocycles. The summed E-state index contributed by atoms with van der Waals surface area (Å²) >= 11 is 5.90. The molecule has 20 heavy (non-hydrogen) atoms. The topological polar surface area (TPSA) is 66.0 Å². The molecule has 3 rings (SSSR count). The summed E-state index contributed by atoms with van der Waals surface area (Å²) in [5.41, 5.74) is -0.134. The van der Waals surface area contributed by atoms with Crippen molar-refractivity contribution in [2.24, 2.45) is 0 Å². The third kappa shape index (κ3) is 2.25. The van der Waals surface area contributed by atoms with Crippen LogP contribution in [-0.4, -0.2) is 11.4 Å². The number of furan rings is 1. The summed E-state index contributed by atoms with van der Waals surface area (Å²) < 4.78 is 5.50. The number of hydrogen-bond donors (Lipinski definition) is 1. The maximum Gasteiger partial charge on any atom is 0.288 e. The Morgan fingerprint density at radius 1 is 1.35 bits per heavy atom. The van der Waals surface area contributed by atoms with Gasteiger partial charge in [-0.25, -0.2) is 0 Å². The Bertz CT molecular complexity index is 708. The van der Waals surface area contributed by atoms with Crippen molar-refractivity contribution in [1.29, 1.82) is 5.26 Å². The number of benzene rings is 1. The molecular weight excluding hydrogens is 276 g/mol. The van der Waals surface area contributed by atoms with Gasteiger partial charge in [0.05, 0.1) is 6.07 Å². The maximum absolute atomic E-state index is 12.2. The third-order valence-electron chi connectivity index (χ3n) is 3.73. The van der Waals surface area contributed by atoms with Crippen molar-refractivity contribution >= 4 is 28.5 Å². The number of halogens is 1. The molecule has 5 heteroatoms. The Morgan fingerprint density at radius 2 is 2.10 bits per heavy atom. The molecule has 0 unspecified atom stereocenters. The second kappa shape index (κ2) is 4.84. The van der Waals surface area contributed by atoms with E-state index < -0.39 is 5.54 Å². The monoisotopic (exact) mass is 288 g/mol. The van der Waals surface area contributed by atoms with Gasteiger partial charge < -0.3 is 9.73 Å². The summed E-state index contributed by atoms with van der Waals surface area (Å²) in [4.78, 5) is 12.2. The number of nitriles is 1. The lowest BCUT2D eigenvalue weighted by Gasteiger charge is -2.20. The van der Waals surface area contributed by atoms with E-state index in [0.717, 1.165) is 18.2 Å². The van der Waals surface area contributed by atoms with Gasteiger partial charge in [0.25, 0.3) is 5.91 Å². The summed E-state index contributed by atoms with van der Waals surface area (Å²) in [6.45, 7) is 0. The first-order chi connectivity index (χ1) is 9.62. The molecule has 102 valence electrons. The maximum atomic E-state index is 12.2. The molecule has 0 atom stereocenters. The predicted octanol–water partition coefficient (Wildman–Crippen LogP) is 3.65. The molecule has 1 aromatic heterocycles. The standard InChI is InChI=1S/C15H13ClN2O2/c16-11-3-4-12-10(7-11)8-13(20-12)14(19)18-15(9-17)5-1-2-6-15/h3-4,7-8H,1-2,5-6H2,(H,18,19). The molecule has 2 aromatic rings. The minimum Gasteiger partial charge on any atom is -0.451 e. The Labute approximate surface area is 121 Å². The lowest BCUT2D eigenvalue weighted by molar-refractivity contribution is 0.0894. The first-order valence-electron chi connectivity index (χ1n) is 6.55. The van der Waals surface area contributed by atoms with Gasteiger partial charge in [0.1, 0.15) is 11.1 Å². The van der Waals surface area contributed by atoms with Crippen LogP contribution in [0.25, 0.3) is 11.0 Å². The molecule has 1 heterocycles. The molecule has 1 aliphatic rings. The number of carbonyl (C=O) groups excluding carboxylic acids is 1. The van der Waals surface area contributed by atoms with Crippen LogP contribution in [0.1, 0.15) is 36.2 Å². The lowest BCUT2D eigenvalue weighted by atomic mass is 10.00. The third-order valence-corrected chi connectivity index (χ3v) is 3.96. The molecule has 0 saturated heterocycles. The highest BCUT2D eigenvalue weighted by atomic mass is 35.5. The fraction of sp³-hybridized carbons (Fsp3) is 0.333. The van der Waals surface area contributed by atoms with Crippen molar-refractivity contribution in [2.75, 3.05) is 0 Å². The number of nitrogens with zero attached hydrogens (tertiary/aromatic N) is 1. The molecular formula is C15H13ClN2O2. The first-order valence-corrected chi connectivity index (χ1v) is 6.93. The molecule has 1 aromatic carbocycles. The number of amides is 1. The molecule has 4 nitrogen and oxygen atoms in total. The van der Waals surface area contributed by atoms with Crippen LogP contribution in [0.3, 0.4) is 0 Å². The summed E-state index contributed by atoms with van der Waals surface area (Å²) in [6.07, 6.45) is 3.32. The van der Waals surface area contributed by atoms with Gasteiger partial charge in [-0.1, -0.05) is 11.6 Å². The van der Waals surface area contributed by atoms with Crippen LogP contribution in [0.4, 0.5) is 0 Å². The Balaban J connectivity index is 1.87. The number of rotatable bonds is 2. The fourth-order valence-electron chi connectivity index (χ4n) is 2.65. The number of carbonyl (C=O) groups is 1. The molecule has 1 fully saturated rings. The summed E-state index contributed by atoms with van der Waals surface area (Å²) in [7, 11) is 0.